The molecule has 132 valence electrons. The minimum absolute atomic E-state index is 0.258. The topological polar surface area (TPSA) is 64.0 Å². The average Bonchev–Trinajstić information content (AvgIpc) is 2.79. The Morgan fingerprint density at radius 1 is 1.17 bits per heavy atom. The normalized spacial score (nSPS) is 12.1. The Balaban J connectivity index is 2.13. The lowest BCUT2D eigenvalue weighted by molar-refractivity contribution is 0.580. The standard InChI is InChI=1S/C18H27N3O2S/c1-6-21-15(5)18(14(4)20-21)12-19-24(22,23)17-9-7-16(8-10-17)11-13(2)3/h7-10,13,19H,6,11-12H2,1-5H3. The highest BCUT2D eigenvalue weighted by atomic mass is 32.2. The van der Waals surface area contributed by atoms with Gasteiger partial charge in [0.15, 0.2) is 0 Å². The number of nitrogens with one attached hydrogen (secondary N) is 1. The molecular formula is C18H27N3O2S. The Morgan fingerprint density at radius 2 is 1.79 bits per heavy atom. The highest BCUT2D eigenvalue weighted by molar-refractivity contribution is 7.89. The summed E-state index contributed by atoms with van der Waals surface area (Å²) in [6.07, 6.45) is 0.947. The molecular weight excluding hydrogens is 322 g/mol. The van der Waals surface area contributed by atoms with Crippen LogP contribution in [0, 0.1) is 19.8 Å². The van der Waals surface area contributed by atoms with Gasteiger partial charge in [0, 0.05) is 24.3 Å². The number of nitrogens with zero attached hydrogens (tertiary/aromatic N) is 2. The number of hydrogen-bond acceptors (Lipinski definition) is 3. The van der Waals surface area contributed by atoms with Gasteiger partial charge in [-0.2, -0.15) is 5.10 Å². The smallest absolute Gasteiger partial charge is 0.240 e. The van der Waals surface area contributed by atoms with Crippen LogP contribution in [0.25, 0.3) is 0 Å². The van der Waals surface area contributed by atoms with Crippen LogP contribution in [0.2, 0.25) is 0 Å². The molecule has 0 saturated heterocycles. The first-order valence-electron chi connectivity index (χ1n) is 8.36. The van der Waals surface area contributed by atoms with Crippen molar-refractivity contribution in [2.45, 2.75) is 59.0 Å². The van der Waals surface area contributed by atoms with E-state index in [0.29, 0.717) is 10.8 Å². The molecule has 0 saturated carbocycles. The zero-order valence-corrected chi connectivity index (χ0v) is 15.9. The van der Waals surface area contributed by atoms with E-state index in [0.717, 1.165) is 35.5 Å². The maximum Gasteiger partial charge on any atom is 0.240 e. The molecule has 0 aliphatic rings. The molecule has 5 nitrogen and oxygen atoms in total. The zero-order valence-electron chi connectivity index (χ0n) is 15.1. The lowest BCUT2D eigenvalue weighted by Crippen LogP contribution is -2.23. The summed E-state index contributed by atoms with van der Waals surface area (Å²) in [5, 5.41) is 4.42. The summed E-state index contributed by atoms with van der Waals surface area (Å²) in [6, 6.07) is 7.13. The van der Waals surface area contributed by atoms with Crippen LogP contribution >= 0.6 is 0 Å². The second-order valence-electron chi connectivity index (χ2n) is 6.53. The fourth-order valence-corrected chi connectivity index (χ4v) is 3.82. The summed E-state index contributed by atoms with van der Waals surface area (Å²) in [4.78, 5) is 0.299. The second-order valence-corrected chi connectivity index (χ2v) is 8.30. The van der Waals surface area contributed by atoms with Crippen molar-refractivity contribution in [1.29, 1.82) is 0 Å². The van der Waals surface area contributed by atoms with Crippen molar-refractivity contribution in [2.75, 3.05) is 0 Å². The van der Waals surface area contributed by atoms with Crippen LogP contribution < -0.4 is 4.72 Å². The zero-order chi connectivity index (χ0) is 17.9. The van der Waals surface area contributed by atoms with Crippen LogP contribution in [0.1, 0.15) is 43.3 Å². The predicted molar refractivity (Wildman–Crippen MR) is 96.4 cm³/mol. The van der Waals surface area contributed by atoms with Crippen LogP contribution in [-0.4, -0.2) is 18.2 Å². The highest BCUT2D eigenvalue weighted by Crippen LogP contribution is 2.16. The first kappa shape index (κ1) is 18.7. The maximum atomic E-state index is 12.5. The fraction of sp³-hybridized carbons (Fsp3) is 0.500. The Labute approximate surface area is 145 Å². The first-order valence-corrected chi connectivity index (χ1v) is 9.84. The van der Waals surface area contributed by atoms with Crippen LogP contribution in [-0.2, 0) is 29.5 Å². The lowest BCUT2D eigenvalue weighted by atomic mass is 10.0. The molecule has 1 aromatic carbocycles. The summed E-state index contributed by atoms with van der Waals surface area (Å²) < 4.78 is 29.6. The Kier molecular flexibility index (Phi) is 5.83. The van der Waals surface area contributed by atoms with E-state index in [1.54, 1.807) is 12.1 Å². The third-order valence-electron chi connectivity index (χ3n) is 4.15. The van der Waals surface area contributed by atoms with E-state index in [1.807, 2.05) is 37.6 Å². The maximum absolute atomic E-state index is 12.5. The van der Waals surface area contributed by atoms with Gasteiger partial charge in [-0.1, -0.05) is 26.0 Å². The molecule has 0 unspecified atom stereocenters. The summed E-state index contributed by atoms with van der Waals surface area (Å²) in [5.74, 6) is 0.548. The van der Waals surface area contributed by atoms with E-state index in [1.165, 1.54) is 0 Å². The molecule has 0 aliphatic carbocycles. The second kappa shape index (κ2) is 7.49. The summed E-state index contributed by atoms with van der Waals surface area (Å²) in [5.41, 5.74) is 3.96. The number of rotatable bonds is 7. The Morgan fingerprint density at radius 3 is 2.29 bits per heavy atom. The number of hydrogen-bond donors (Lipinski definition) is 1. The summed E-state index contributed by atoms with van der Waals surface area (Å²) >= 11 is 0. The number of benzene rings is 1. The molecule has 1 heterocycles. The van der Waals surface area contributed by atoms with E-state index in [2.05, 4.69) is 23.7 Å². The highest BCUT2D eigenvalue weighted by Gasteiger charge is 2.17. The Hall–Kier alpha value is -1.66. The van der Waals surface area contributed by atoms with Crippen LogP contribution in [0.15, 0.2) is 29.2 Å². The monoisotopic (exact) mass is 349 g/mol. The van der Waals surface area contributed by atoms with Crippen molar-refractivity contribution < 1.29 is 8.42 Å². The molecule has 0 spiro atoms. The van der Waals surface area contributed by atoms with Gasteiger partial charge in [-0.15, -0.1) is 0 Å². The van der Waals surface area contributed by atoms with E-state index in [-0.39, 0.29) is 6.54 Å². The van der Waals surface area contributed by atoms with Gasteiger partial charge in [0.2, 0.25) is 10.0 Å². The van der Waals surface area contributed by atoms with Crippen LogP contribution in [0.3, 0.4) is 0 Å². The summed E-state index contributed by atoms with van der Waals surface area (Å²) in [7, 11) is -3.52. The van der Waals surface area contributed by atoms with Crippen molar-refractivity contribution >= 4 is 10.0 Å². The molecule has 0 bridgehead atoms. The van der Waals surface area contributed by atoms with Gasteiger partial charge < -0.3 is 0 Å². The molecule has 6 heteroatoms. The van der Waals surface area contributed by atoms with Gasteiger partial charge in [-0.3, -0.25) is 4.68 Å². The lowest BCUT2D eigenvalue weighted by Gasteiger charge is -2.09. The van der Waals surface area contributed by atoms with Crippen LogP contribution in [0.5, 0.6) is 0 Å². The average molecular weight is 350 g/mol. The van der Waals surface area contributed by atoms with Crippen molar-refractivity contribution in [2.24, 2.45) is 5.92 Å². The van der Waals surface area contributed by atoms with Gasteiger partial charge >= 0.3 is 0 Å². The minimum atomic E-state index is -3.52. The van der Waals surface area contributed by atoms with Gasteiger partial charge in [-0.25, -0.2) is 13.1 Å². The van der Waals surface area contributed by atoms with E-state index < -0.39 is 10.0 Å². The van der Waals surface area contributed by atoms with Gasteiger partial charge in [0.25, 0.3) is 0 Å². The van der Waals surface area contributed by atoms with Gasteiger partial charge in [0.1, 0.15) is 0 Å². The number of aryl methyl sites for hydroxylation is 2. The fourth-order valence-electron chi connectivity index (χ4n) is 2.82. The predicted octanol–water partition coefficient (Wildman–Crippen LogP) is 3.20. The quantitative estimate of drug-likeness (QED) is 0.835. The summed E-state index contributed by atoms with van der Waals surface area (Å²) in [6.45, 7) is 11.2. The third-order valence-corrected chi connectivity index (χ3v) is 5.56. The van der Waals surface area contributed by atoms with E-state index in [4.69, 9.17) is 0 Å². The molecule has 0 aliphatic heterocycles. The molecule has 2 aromatic rings. The number of aromatic nitrogens is 2. The molecule has 0 fully saturated rings. The third kappa shape index (κ3) is 4.24. The molecule has 1 N–H and O–H groups in total. The number of sulfonamides is 1. The van der Waals surface area contributed by atoms with Crippen LogP contribution in [0.4, 0.5) is 0 Å². The van der Waals surface area contributed by atoms with Crippen molar-refractivity contribution in [3.8, 4) is 0 Å². The van der Waals surface area contributed by atoms with Gasteiger partial charge in [0.05, 0.1) is 10.6 Å². The van der Waals surface area contributed by atoms with E-state index >= 15 is 0 Å². The van der Waals surface area contributed by atoms with Crippen molar-refractivity contribution in [1.82, 2.24) is 14.5 Å². The van der Waals surface area contributed by atoms with Crippen molar-refractivity contribution in [3.05, 3.63) is 46.8 Å². The van der Waals surface area contributed by atoms with Crippen molar-refractivity contribution in [3.63, 3.8) is 0 Å². The van der Waals surface area contributed by atoms with Gasteiger partial charge in [-0.05, 0) is 50.8 Å². The first-order chi connectivity index (χ1) is 11.2. The minimum Gasteiger partial charge on any atom is -0.270 e. The molecule has 1 aromatic heterocycles. The molecule has 0 radical (unpaired) electrons. The Bertz CT molecular complexity index is 790. The van der Waals surface area contributed by atoms with E-state index in [9.17, 15) is 8.42 Å². The molecule has 0 amide bonds. The molecule has 0 atom stereocenters. The molecule has 2 rings (SSSR count). The molecule has 24 heavy (non-hydrogen) atoms. The SMILES string of the molecule is CCn1nc(C)c(CNS(=O)(=O)c2ccc(CC(C)C)cc2)c1C. The largest absolute Gasteiger partial charge is 0.270 e.